The van der Waals surface area contributed by atoms with E-state index < -0.39 is 5.91 Å². The number of anilines is 1. The lowest BCUT2D eigenvalue weighted by Gasteiger charge is -2.08. The van der Waals surface area contributed by atoms with E-state index in [1.165, 1.54) is 11.3 Å². The summed E-state index contributed by atoms with van der Waals surface area (Å²) in [4.78, 5) is 33.8. The Morgan fingerprint density at radius 1 is 1.53 bits per heavy atom. The maximum absolute atomic E-state index is 11.8. The minimum absolute atomic E-state index is 0.133. The van der Waals surface area contributed by atoms with E-state index in [0.29, 0.717) is 17.1 Å². The second-order valence-electron chi connectivity index (χ2n) is 3.72. The van der Waals surface area contributed by atoms with E-state index in [2.05, 4.69) is 10.6 Å². The zero-order valence-corrected chi connectivity index (χ0v) is 9.67. The van der Waals surface area contributed by atoms with Crippen molar-refractivity contribution in [1.82, 2.24) is 5.32 Å². The average Bonchev–Trinajstić information content (AvgIpc) is 2.86. The first-order valence-electron chi connectivity index (χ1n) is 5.03. The van der Waals surface area contributed by atoms with Crippen molar-refractivity contribution in [3.63, 3.8) is 0 Å². The smallest absolute Gasteiger partial charge is 0.251 e. The molecule has 4 N–H and O–H groups in total. The molecule has 17 heavy (non-hydrogen) atoms. The van der Waals surface area contributed by atoms with Gasteiger partial charge in [-0.1, -0.05) is 0 Å². The maximum atomic E-state index is 11.8. The number of hydrogen-bond donors (Lipinski definition) is 3. The second kappa shape index (κ2) is 4.54. The molecule has 7 heteroatoms. The molecule has 2 heterocycles. The molecule has 0 radical (unpaired) electrons. The van der Waals surface area contributed by atoms with Crippen LogP contribution in [0.5, 0.6) is 0 Å². The molecule has 1 fully saturated rings. The summed E-state index contributed by atoms with van der Waals surface area (Å²) in [5.74, 6) is -1.37. The SMILES string of the molecule is NC(=O)c1ccsc1NC(=O)C1CNC(=O)C1. The summed E-state index contributed by atoms with van der Waals surface area (Å²) in [5.41, 5.74) is 5.45. The molecule has 1 aromatic rings. The molecule has 3 amide bonds. The number of thiophene rings is 1. The number of carbonyl (C=O) groups is 3. The molecule has 1 unspecified atom stereocenters. The number of hydrogen-bond acceptors (Lipinski definition) is 4. The minimum Gasteiger partial charge on any atom is -0.366 e. The van der Waals surface area contributed by atoms with E-state index in [1.54, 1.807) is 11.4 Å². The van der Waals surface area contributed by atoms with Crippen molar-refractivity contribution in [2.24, 2.45) is 11.7 Å². The molecule has 1 aliphatic heterocycles. The fraction of sp³-hybridized carbons (Fsp3) is 0.300. The first kappa shape index (κ1) is 11.6. The monoisotopic (exact) mass is 253 g/mol. The van der Waals surface area contributed by atoms with Crippen LogP contribution in [0, 0.1) is 5.92 Å². The minimum atomic E-state index is -0.581. The van der Waals surface area contributed by atoms with Crippen LogP contribution in [-0.2, 0) is 9.59 Å². The quantitative estimate of drug-likeness (QED) is 0.702. The highest BCUT2D eigenvalue weighted by atomic mass is 32.1. The topological polar surface area (TPSA) is 101 Å². The molecule has 0 aliphatic carbocycles. The molecule has 0 saturated carbocycles. The summed E-state index contributed by atoms with van der Waals surface area (Å²) in [6, 6.07) is 1.56. The van der Waals surface area contributed by atoms with Crippen molar-refractivity contribution in [2.45, 2.75) is 6.42 Å². The Morgan fingerprint density at radius 2 is 2.29 bits per heavy atom. The van der Waals surface area contributed by atoms with Crippen molar-refractivity contribution < 1.29 is 14.4 Å². The van der Waals surface area contributed by atoms with Gasteiger partial charge in [0.2, 0.25) is 11.8 Å². The number of nitrogens with one attached hydrogen (secondary N) is 2. The lowest BCUT2D eigenvalue weighted by molar-refractivity contribution is -0.123. The van der Waals surface area contributed by atoms with Gasteiger partial charge < -0.3 is 16.4 Å². The highest BCUT2D eigenvalue weighted by Crippen LogP contribution is 2.24. The van der Waals surface area contributed by atoms with Crippen molar-refractivity contribution in [1.29, 1.82) is 0 Å². The van der Waals surface area contributed by atoms with Crippen molar-refractivity contribution in [2.75, 3.05) is 11.9 Å². The zero-order chi connectivity index (χ0) is 12.4. The van der Waals surface area contributed by atoms with Gasteiger partial charge in [0.05, 0.1) is 11.5 Å². The predicted molar refractivity (Wildman–Crippen MR) is 62.6 cm³/mol. The number of rotatable bonds is 3. The Morgan fingerprint density at radius 3 is 2.88 bits per heavy atom. The standard InChI is InChI=1S/C10H11N3O3S/c11-8(15)6-1-2-17-10(6)13-9(16)5-3-7(14)12-4-5/h1-2,5H,3-4H2,(H2,11,15)(H,12,14)(H,13,16). The van der Waals surface area contributed by atoms with Crippen LogP contribution in [-0.4, -0.2) is 24.3 Å². The summed E-state index contributed by atoms with van der Waals surface area (Å²) < 4.78 is 0. The lowest BCUT2D eigenvalue weighted by atomic mass is 10.1. The van der Waals surface area contributed by atoms with Gasteiger partial charge in [-0.05, 0) is 11.4 Å². The normalized spacial score (nSPS) is 18.8. The Hall–Kier alpha value is -1.89. The van der Waals surface area contributed by atoms with Crippen molar-refractivity contribution in [3.05, 3.63) is 17.0 Å². The average molecular weight is 253 g/mol. The van der Waals surface area contributed by atoms with Gasteiger partial charge in [-0.15, -0.1) is 11.3 Å². The van der Waals surface area contributed by atoms with Gasteiger partial charge in [0.15, 0.2) is 0 Å². The van der Waals surface area contributed by atoms with Crippen LogP contribution in [0.3, 0.4) is 0 Å². The fourth-order valence-electron chi connectivity index (χ4n) is 1.60. The Balaban J connectivity index is 2.05. The highest BCUT2D eigenvalue weighted by Gasteiger charge is 2.28. The van der Waals surface area contributed by atoms with E-state index >= 15 is 0 Å². The van der Waals surface area contributed by atoms with Crippen LogP contribution in [0.2, 0.25) is 0 Å². The number of nitrogens with two attached hydrogens (primary N) is 1. The third-order valence-electron chi connectivity index (χ3n) is 2.52. The van der Waals surface area contributed by atoms with Crippen LogP contribution in [0.4, 0.5) is 5.00 Å². The number of primary amides is 1. The molecule has 1 aliphatic rings. The molecule has 1 saturated heterocycles. The molecule has 1 aromatic heterocycles. The van der Waals surface area contributed by atoms with Crippen LogP contribution >= 0.6 is 11.3 Å². The van der Waals surface area contributed by atoms with E-state index in [0.717, 1.165) is 0 Å². The molecular formula is C10H11N3O3S. The summed E-state index contributed by atoms with van der Waals surface area (Å²) in [6.45, 7) is 0.335. The van der Waals surface area contributed by atoms with E-state index in [4.69, 9.17) is 5.73 Å². The van der Waals surface area contributed by atoms with Crippen LogP contribution in [0.25, 0.3) is 0 Å². The molecule has 6 nitrogen and oxygen atoms in total. The second-order valence-corrected chi connectivity index (χ2v) is 4.64. The molecule has 0 spiro atoms. The predicted octanol–water partition coefficient (Wildman–Crippen LogP) is -0.0784. The summed E-state index contributed by atoms with van der Waals surface area (Å²) in [5, 5.41) is 7.31. The van der Waals surface area contributed by atoms with Crippen LogP contribution in [0.15, 0.2) is 11.4 Å². The number of amides is 3. The van der Waals surface area contributed by atoms with Gasteiger partial charge in [-0.25, -0.2) is 0 Å². The van der Waals surface area contributed by atoms with E-state index in [-0.39, 0.29) is 24.2 Å². The van der Waals surface area contributed by atoms with Gasteiger partial charge in [0.1, 0.15) is 5.00 Å². The Labute approximate surface area is 101 Å². The van der Waals surface area contributed by atoms with Gasteiger partial charge in [0.25, 0.3) is 5.91 Å². The van der Waals surface area contributed by atoms with Gasteiger partial charge >= 0.3 is 0 Å². The zero-order valence-electron chi connectivity index (χ0n) is 8.86. The third kappa shape index (κ3) is 2.44. The molecule has 0 bridgehead atoms. The first-order chi connectivity index (χ1) is 8.08. The van der Waals surface area contributed by atoms with Crippen LogP contribution in [0.1, 0.15) is 16.8 Å². The maximum Gasteiger partial charge on any atom is 0.251 e. The fourth-order valence-corrected chi connectivity index (χ4v) is 2.40. The summed E-state index contributed by atoms with van der Waals surface area (Å²) in [6.07, 6.45) is 0.184. The Kier molecular flexibility index (Phi) is 3.10. The molecular weight excluding hydrogens is 242 g/mol. The largest absolute Gasteiger partial charge is 0.366 e. The highest BCUT2D eigenvalue weighted by molar-refractivity contribution is 7.14. The lowest BCUT2D eigenvalue weighted by Crippen LogP contribution is -2.25. The summed E-state index contributed by atoms with van der Waals surface area (Å²) >= 11 is 1.23. The van der Waals surface area contributed by atoms with Gasteiger partial charge in [-0.3, -0.25) is 14.4 Å². The first-order valence-corrected chi connectivity index (χ1v) is 5.90. The van der Waals surface area contributed by atoms with Crippen LogP contribution < -0.4 is 16.4 Å². The number of carbonyl (C=O) groups excluding carboxylic acids is 3. The van der Waals surface area contributed by atoms with E-state index in [1.807, 2.05) is 0 Å². The summed E-state index contributed by atoms with van der Waals surface area (Å²) in [7, 11) is 0. The molecule has 2 rings (SSSR count). The van der Waals surface area contributed by atoms with E-state index in [9.17, 15) is 14.4 Å². The van der Waals surface area contributed by atoms with Crippen molar-refractivity contribution in [3.8, 4) is 0 Å². The third-order valence-corrected chi connectivity index (χ3v) is 3.35. The molecule has 90 valence electrons. The molecule has 0 aromatic carbocycles. The van der Waals surface area contributed by atoms with Gasteiger partial charge in [-0.2, -0.15) is 0 Å². The molecule has 1 atom stereocenters. The van der Waals surface area contributed by atoms with Crippen molar-refractivity contribution >= 4 is 34.1 Å². The van der Waals surface area contributed by atoms with Gasteiger partial charge in [0, 0.05) is 13.0 Å². The Bertz CT molecular complexity index is 483.